The van der Waals surface area contributed by atoms with E-state index in [-0.39, 0.29) is 5.78 Å². The third-order valence-electron chi connectivity index (χ3n) is 2.08. The van der Waals surface area contributed by atoms with Gasteiger partial charge in [-0.15, -0.1) is 5.10 Å². The van der Waals surface area contributed by atoms with Gasteiger partial charge in [0.1, 0.15) is 6.54 Å². The maximum atomic E-state index is 11.2. The maximum absolute atomic E-state index is 11.2. The number of aromatic nitrogens is 4. The number of rotatable bonds is 3. The molecule has 0 spiro atoms. The van der Waals surface area contributed by atoms with Crippen LogP contribution in [0.3, 0.4) is 0 Å². The maximum Gasteiger partial charge on any atom is 0.165 e. The van der Waals surface area contributed by atoms with E-state index in [9.17, 15) is 4.79 Å². The molecule has 2 aromatic heterocycles. The van der Waals surface area contributed by atoms with Crippen LogP contribution in [0.5, 0.6) is 0 Å². The number of carbonyl (C=O) groups excluding carboxylic acids is 1. The molecule has 2 rings (SSSR count). The quantitative estimate of drug-likeness (QED) is 0.757. The van der Waals surface area contributed by atoms with Crippen LogP contribution in [0.1, 0.15) is 23.0 Å². The van der Waals surface area contributed by atoms with Gasteiger partial charge in [0.2, 0.25) is 0 Å². The van der Waals surface area contributed by atoms with Gasteiger partial charge in [0.05, 0.1) is 11.9 Å². The molecule has 2 heterocycles. The summed E-state index contributed by atoms with van der Waals surface area (Å²) in [5, 5.41) is 7.88. The number of hydrogen-bond donors (Lipinski definition) is 1. The fourth-order valence-electron chi connectivity index (χ4n) is 1.32. The number of ketones is 1. The van der Waals surface area contributed by atoms with Crippen LogP contribution in [0.25, 0.3) is 0 Å². The van der Waals surface area contributed by atoms with Crippen LogP contribution in [0.2, 0.25) is 0 Å². The molecule has 2 N–H and O–H groups in total. The number of anilines is 1. The summed E-state index contributed by atoms with van der Waals surface area (Å²) in [5.74, 6) is 0.374. The van der Waals surface area contributed by atoms with Crippen LogP contribution >= 0.6 is 0 Å². The monoisotopic (exact) mass is 217 g/mol. The van der Waals surface area contributed by atoms with Gasteiger partial charge in [-0.2, -0.15) is 9.90 Å². The summed E-state index contributed by atoms with van der Waals surface area (Å²) in [6, 6.07) is 3.40. The van der Waals surface area contributed by atoms with Crippen LogP contribution in [-0.4, -0.2) is 25.8 Å². The van der Waals surface area contributed by atoms with E-state index in [1.54, 1.807) is 18.3 Å². The molecule has 16 heavy (non-hydrogen) atoms. The zero-order valence-electron chi connectivity index (χ0n) is 8.79. The average Bonchev–Trinajstić information content (AvgIpc) is 2.64. The van der Waals surface area contributed by atoms with Gasteiger partial charge in [-0.1, -0.05) is 0 Å². The Balaban J connectivity index is 2.21. The van der Waals surface area contributed by atoms with Gasteiger partial charge in [0.25, 0.3) is 0 Å². The van der Waals surface area contributed by atoms with Crippen molar-refractivity contribution in [3.63, 3.8) is 0 Å². The average molecular weight is 217 g/mol. The second-order valence-corrected chi connectivity index (χ2v) is 3.39. The van der Waals surface area contributed by atoms with E-state index >= 15 is 0 Å². The van der Waals surface area contributed by atoms with E-state index in [4.69, 9.17) is 5.73 Å². The predicted molar refractivity (Wildman–Crippen MR) is 57.8 cm³/mol. The van der Waals surface area contributed by atoms with Crippen molar-refractivity contribution in [2.75, 3.05) is 5.73 Å². The van der Waals surface area contributed by atoms with E-state index in [0.29, 0.717) is 17.9 Å². The zero-order valence-corrected chi connectivity index (χ0v) is 8.79. The lowest BCUT2D eigenvalue weighted by molar-refractivity contribution is 0.101. The van der Waals surface area contributed by atoms with Crippen molar-refractivity contribution in [1.82, 2.24) is 20.0 Å². The minimum Gasteiger partial charge on any atom is -0.381 e. The second-order valence-electron chi connectivity index (χ2n) is 3.39. The van der Waals surface area contributed by atoms with Crippen molar-refractivity contribution >= 4 is 11.6 Å². The second kappa shape index (κ2) is 4.09. The fourth-order valence-corrected chi connectivity index (χ4v) is 1.32. The number of hydrogen-bond acceptors (Lipinski definition) is 5. The van der Waals surface area contributed by atoms with Crippen molar-refractivity contribution in [1.29, 1.82) is 0 Å². The summed E-state index contributed by atoms with van der Waals surface area (Å²) in [6.45, 7) is 1.92. The van der Waals surface area contributed by atoms with Crippen LogP contribution in [-0.2, 0) is 6.54 Å². The molecule has 0 saturated carbocycles. The standard InChI is InChI=1S/C10H11N5O/c1-7(16)8-2-3-12-9(4-8)6-15-13-5-10(11)14-15/h2-5H,6H2,1H3,(H2,11,14). The smallest absolute Gasteiger partial charge is 0.165 e. The van der Waals surface area contributed by atoms with E-state index in [1.165, 1.54) is 17.9 Å². The van der Waals surface area contributed by atoms with E-state index < -0.39 is 0 Å². The highest BCUT2D eigenvalue weighted by Crippen LogP contribution is 2.04. The summed E-state index contributed by atoms with van der Waals surface area (Å²) < 4.78 is 0. The molecule has 6 nitrogen and oxygen atoms in total. The third-order valence-corrected chi connectivity index (χ3v) is 2.08. The Morgan fingerprint density at radius 3 is 3.00 bits per heavy atom. The predicted octanol–water partition coefficient (Wildman–Crippen LogP) is 0.506. The van der Waals surface area contributed by atoms with Crippen LogP contribution in [0.4, 0.5) is 5.82 Å². The van der Waals surface area contributed by atoms with Gasteiger partial charge in [0.15, 0.2) is 11.6 Å². The summed E-state index contributed by atoms with van der Waals surface area (Å²) in [4.78, 5) is 16.7. The van der Waals surface area contributed by atoms with E-state index in [0.717, 1.165) is 5.69 Å². The molecule has 0 aliphatic rings. The number of nitrogen functional groups attached to an aromatic ring is 1. The van der Waals surface area contributed by atoms with Gasteiger partial charge >= 0.3 is 0 Å². The summed E-state index contributed by atoms with van der Waals surface area (Å²) in [7, 11) is 0. The minimum atomic E-state index is 0.0107. The Kier molecular flexibility index (Phi) is 2.63. The van der Waals surface area contributed by atoms with Gasteiger partial charge in [-0.25, -0.2) is 0 Å². The minimum absolute atomic E-state index is 0.0107. The molecule has 0 aliphatic carbocycles. The molecule has 0 unspecified atom stereocenters. The van der Waals surface area contributed by atoms with Crippen LogP contribution < -0.4 is 5.73 Å². The first kappa shape index (κ1) is 10.3. The fraction of sp³-hybridized carbons (Fsp3) is 0.200. The number of nitrogens with zero attached hydrogens (tertiary/aromatic N) is 4. The van der Waals surface area contributed by atoms with Crippen molar-refractivity contribution in [3.05, 3.63) is 35.8 Å². The highest BCUT2D eigenvalue weighted by molar-refractivity contribution is 5.93. The highest BCUT2D eigenvalue weighted by atomic mass is 16.1. The van der Waals surface area contributed by atoms with Gasteiger partial charge < -0.3 is 5.73 Å². The Morgan fingerprint density at radius 1 is 1.56 bits per heavy atom. The van der Waals surface area contributed by atoms with E-state index in [1.807, 2.05) is 0 Å². The Hall–Kier alpha value is -2.24. The molecule has 0 aromatic carbocycles. The van der Waals surface area contributed by atoms with Crippen LogP contribution in [0.15, 0.2) is 24.5 Å². The molecule has 6 heteroatoms. The Bertz CT molecular complexity index is 519. The molecule has 0 atom stereocenters. The molecule has 0 bridgehead atoms. The molecule has 82 valence electrons. The van der Waals surface area contributed by atoms with Gasteiger partial charge in [-0.05, 0) is 19.1 Å². The lowest BCUT2D eigenvalue weighted by atomic mass is 10.2. The molecule has 0 saturated heterocycles. The molecule has 2 aromatic rings. The zero-order chi connectivity index (χ0) is 11.5. The van der Waals surface area contributed by atoms with Crippen molar-refractivity contribution in [2.45, 2.75) is 13.5 Å². The first-order valence-corrected chi connectivity index (χ1v) is 4.76. The number of nitrogens with two attached hydrogens (primary N) is 1. The molecular weight excluding hydrogens is 206 g/mol. The molecule has 0 aliphatic heterocycles. The topological polar surface area (TPSA) is 86.7 Å². The molecular formula is C10H11N5O. The highest BCUT2D eigenvalue weighted by Gasteiger charge is 2.03. The first-order valence-electron chi connectivity index (χ1n) is 4.76. The molecule has 0 fully saturated rings. The Morgan fingerprint density at radius 2 is 2.38 bits per heavy atom. The number of carbonyl (C=O) groups is 1. The van der Waals surface area contributed by atoms with Crippen LogP contribution in [0, 0.1) is 0 Å². The number of Topliss-reactive ketones (excluding diaryl/α,β-unsaturated/α-hetero) is 1. The van der Waals surface area contributed by atoms with Crippen molar-refractivity contribution in [2.24, 2.45) is 0 Å². The normalized spacial score (nSPS) is 10.3. The van der Waals surface area contributed by atoms with Crippen molar-refractivity contribution in [3.8, 4) is 0 Å². The van der Waals surface area contributed by atoms with Crippen molar-refractivity contribution < 1.29 is 4.79 Å². The molecule has 0 amide bonds. The summed E-state index contributed by atoms with van der Waals surface area (Å²) >= 11 is 0. The lowest BCUT2D eigenvalue weighted by Gasteiger charge is -2.01. The van der Waals surface area contributed by atoms with E-state index in [2.05, 4.69) is 15.2 Å². The first-order chi connectivity index (χ1) is 7.65. The summed E-state index contributed by atoms with van der Waals surface area (Å²) in [5.41, 5.74) is 6.80. The third kappa shape index (κ3) is 2.22. The van der Waals surface area contributed by atoms with Gasteiger partial charge in [-0.3, -0.25) is 9.78 Å². The SMILES string of the molecule is CC(=O)c1ccnc(Cn2ncc(N)n2)c1. The number of pyridine rings is 1. The lowest BCUT2D eigenvalue weighted by Crippen LogP contribution is -2.07. The summed E-state index contributed by atoms with van der Waals surface area (Å²) in [6.07, 6.45) is 3.06. The Labute approximate surface area is 92.1 Å². The largest absolute Gasteiger partial charge is 0.381 e. The molecule has 0 radical (unpaired) electrons. The van der Waals surface area contributed by atoms with Gasteiger partial charge in [0, 0.05) is 11.8 Å².